The van der Waals surface area contributed by atoms with Crippen molar-refractivity contribution in [3.8, 4) is 0 Å². The molecule has 3 N–H and O–H groups in total. The van der Waals surface area contributed by atoms with Crippen LogP contribution in [0, 0.1) is 12.8 Å². The fourth-order valence-corrected chi connectivity index (χ4v) is 3.48. The van der Waals surface area contributed by atoms with E-state index >= 15 is 0 Å². The lowest BCUT2D eigenvalue weighted by atomic mass is 9.95. The van der Waals surface area contributed by atoms with Crippen molar-refractivity contribution in [3.63, 3.8) is 0 Å². The van der Waals surface area contributed by atoms with Crippen LogP contribution >= 0.6 is 11.3 Å². The molecule has 2 rings (SSSR count). The third-order valence-electron chi connectivity index (χ3n) is 3.90. The van der Waals surface area contributed by atoms with Gasteiger partial charge in [0.05, 0.1) is 0 Å². The van der Waals surface area contributed by atoms with E-state index in [1.807, 2.05) is 0 Å². The Balaban J connectivity index is 1.75. The summed E-state index contributed by atoms with van der Waals surface area (Å²) in [6, 6.07) is 0.411. The Morgan fingerprint density at radius 2 is 2.12 bits per heavy atom. The second-order valence-electron chi connectivity index (χ2n) is 5.27. The lowest BCUT2D eigenvalue weighted by Crippen LogP contribution is -2.36. The van der Waals surface area contributed by atoms with Crippen molar-refractivity contribution in [1.29, 1.82) is 0 Å². The second kappa shape index (κ2) is 6.53. The predicted molar refractivity (Wildman–Crippen MR) is 75.3 cm³/mol. The second-order valence-corrected chi connectivity index (χ2v) is 6.02. The predicted octanol–water partition coefficient (Wildman–Crippen LogP) is 3.05. The zero-order valence-electron chi connectivity index (χ0n) is 10.7. The van der Waals surface area contributed by atoms with Gasteiger partial charge in [0, 0.05) is 12.6 Å². The molecule has 3 heteroatoms. The van der Waals surface area contributed by atoms with Crippen LogP contribution in [0.15, 0.2) is 10.8 Å². The average Bonchev–Trinajstić information content (AvgIpc) is 2.60. The first-order chi connectivity index (χ1) is 8.27. The van der Waals surface area contributed by atoms with E-state index in [0.717, 1.165) is 13.1 Å². The molecule has 2 atom stereocenters. The monoisotopic (exact) mass is 252 g/mol. The fraction of sp³-hybridized carbons (Fsp3) is 0.714. The van der Waals surface area contributed by atoms with Gasteiger partial charge in [-0.05, 0) is 54.1 Å². The van der Waals surface area contributed by atoms with Gasteiger partial charge in [0.15, 0.2) is 0 Å². The van der Waals surface area contributed by atoms with Gasteiger partial charge in [-0.3, -0.25) is 0 Å². The summed E-state index contributed by atoms with van der Waals surface area (Å²) >= 11 is 1.79. The molecule has 1 aliphatic rings. The van der Waals surface area contributed by atoms with Gasteiger partial charge in [-0.2, -0.15) is 11.3 Å². The number of nitrogens with two attached hydrogens (primary N) is 1. The average molecular weight is 252 g/mol. The van der Waals surface area contributed by atoms with Crippen molar-refractivity contribution < 1.29 is 0 Å². The number of thiophene rings is 1. The Kier molecular flexibility index (Phi) is 5.01. The SMILES string of the molecule is Cc1cscc1CNCC1CCCCCC1N. The van der Waals surface area contributed by atoms with E-state index in [2.05, 4.69) is 23.0 Å². The summed E-state index contributed by atoms with van der Waals surface area (Å²) in [7, 11) is 0. The van der Waals surface area contributed by atoms with E-state index < -0.39 is 0 Å². The molecule has 17 heavy (non-hydrogen) atoms. The van der Waals surface area contributed by atoms with Crippen molar-refractivity contribution in [3.05, 3.63) is 21.9 Å². The molecule has 0 amide bonds. The smallest absolute Gasteiger partial charge is 0.0216 e. The van der Waals surface area contributed by atoms with E-state index in [9.17, 15) is 0 Å². The zero-order valence-corrected chi connectivity index (χ0v) is 11.6. The van der Waals surface area contributed by atoms with Crippen LogP contribution in [0.25, 0.3) is 0 Å². The lowest BCUT2D eigenvalue weighted by Gasteiger charge is -2.21. The summed E-state index contributed by atoms with van der Waals surface area (Å²) in [5, 5.41) is 8.05. The van der Waals surface area contributed by atoms with E-state index in [4.69, 9.17) is 5.73 Å². The minimum atomic E-state index is 0.411. The summed E-state index contributed by atoms with van der Waals surface area (Å²) in [6.45, 7) is 4.26. The molecule has 0 spiro atoms. The van der Waals surface area contributed by atoms with Gasteiger partial charge in [-0.1, -0.05) is 19.3 Å². The molecule has 2 unspecified atom stereocenters. The molecule has 1 aromatic rings. The number of nitrogens with one attached hydrogen (secondary N) is 1. The topological polar surface area (TPSA) is 38.0 Å². The summed E-state index contributed by atoms with van der Waals surface area (Å²) in [5.74, 6) is 0.677. The minimum Gasteiger partial charge on any atom is -0.327 e. The lowest BCUT2D eigenvalue weighted by molar-refractivity contribution is 0.374. The van der Waals surface area contributed by atoms with E-state index in [-0.39, 0.29) is 0 Å². The highest BCUT2D eigenvalue weighted by atomic mass is 32.1. The minimum absolute atomic E-state index is 0.411. The maximum atomic E-state index is 6.23. The van der Waals surface area contributed by atoms with Crippen molar-refractivity contribution in [2.24, 2.45) is 11.7 Å². The molecule has 1 fully saturated rings. The fourth-order valence-electron chi connectivity index (χ4n) is 2.63. The van der Waals surface area contributed by atoms with Crippen LogP contribution in [-0.4, -0.2) is 12.6 Å². The van der Waals surface area contributed by atoms with Crippen LogP contribution in [0.3, 0.4) is 0 Å². The Labute approximate surface area is 109 Å². The van der Waals surface area contributed by atoms with Gasteiger partial charge in [-0.25, -0.2) is 0 Å². The number of rotatable bonds is 4. The summed E-state index contributed by atoms with van der Waals surface area (Å²) in [4.78, 5) is 0. The van der Waals surface area contributed by atoms with Gasteiger partial charge < -0.3 is 11.1 Å². The Morgan fingerprint density at radius 3 is 2.88 bits per heavy atom. The van der Waals surface area contributed by atoms with Crippen LogP contribution in [-0.2, 0) is 6.54 Å². The van der Waals surface area contributed by atoms with Crippen LogP contribution in [0.1, 0.15) is 43.2 Å². The summed E-state index contributed by atoms with van der Waals surface area (Å²) < 4.78 is 0. The molecule has 0 saturated heterocycles. The first kappa shape index (κ1) is 13.1. The molecule has 1 heterocycles. The number of hydrogen-bond acceptors (Lipinski definition) is 3. The largest absolute Gasteiger partial charge is 0.327 e. The standard InChI is InChI=1S/C14H24N2S/c1-11-9-17-10-13(11)8-16-7-12-5-3-2-4-6-14(12)15/h9-10,12,14,16H,2-8,15H2,1H3. The van der Waals surface area contributed by atoms with Crippen LogP contribution in [0.4, 0.5) is 0 Å². The quantitative estimate of drug-likeness (QED) is 0.808. The van der Waals surface area contributed by atoms with Crippen LogP contribution in [0.2, 0.25) is 0 Å². The molecular weight excluding hydrogens is 228 g/mol. The Morgan fingerprint density at radius 1 is 1.29 bits per heavy atom. The maximum Gasteiger partial charge on any atom is 0.0216 e. The van der Waals surface area contributed by atoms with Crippen LogP contribution in [0.5, 0.6) is 0 Å². The van der Waals surface area contributed by atoms with Gasteiger partial charge >= 0.3 is 0 Å². The normalized spacial score (nSPS) is 25.8. The molecule has 2 nitrogen and oxygen atoms in total. The van der Waals surface area contributed by atoms with Gasteiger partial charge in [-0.15, -0.1) is 0 Å². The van der Waals surface area contributed by atoms with Gasteiger partial charge in [0.25, 0.3) is 0 Å². The molecular formula is C14H24N2S. The van der Waals surface area contributed by atoms with Gasteiger partial charge in [0.2, 0.25) is 0 Å². The highest BCUT2D eigenvalue weighted by Crippen LogP contribution is 2.22. The van der Waals surface area contributed by atoms with E-state index in [1.54, 1.807) is 11.3 Å². The highest BCUT2D eigenvalue weighted by Gasteiger charge is 2.19. The molecule has 1 aromatic heterocycles. The third-order valence-corrected chi connectivity index (χ3v) is 4.81. The van der Waals surface area contributed by atoms with Crippen molar-refractivity contribution in [2.75, 3.05) is 6.54 Å². The van der Waals surface area contributed by atoms with Crippen molar-refractivity contribution in [1.82, 2.24) is 5.32 Å². The van der Waals surface area contributed by atoms with Crippen molar-refractivity contribution in [2.45, 2.75) is 51.6 Å². The van der Waals surface area contributed by atoms with Gasteiger partial charge in [0.1, 0.15) is 0 Å². The number of aryl methyl sites for hydroxylation is 1. The van der Waals surface area contributed by atoms with E-state index in [1.165, 1.54) is 43.2 Å². The molecule has 96 valence electrons. The Bertz CT molecular complexity index is 335. The first-order valence-corrected chi connectivity index (χ1v) is 7.69. The summed E-state index contributed by atoms with van der Waals surface area (Å²) in [5.41, 5.74) is 9.08. The van der Waals surface area contributed by atoms with Crippen LogP contribution < -0.4 is 11.1 Å². The molecule has 0 bridgehead atoms. The molecule has 0 aliphatic heterocycles. The molecule has 0 radical (unpaired) electrons. The maximum absolute atomic E-state index is 6.23. The highest BCUT2D eigenvalue weighted by molar-refractivity contribution is 7.08. The zero-order chi connectivity index (χ0) is 12.1. The molecule has 1 saturated carbocycles. The Hall–Kier alpha value is -0.380. The number of hydrogen-bond donors (Lipinski definition) is 2. The van der Waals surface area contributed by atoms with Crippen molar-refractivity contribution >= 4 is 11.3 Å². The molecule has 1 aliphatic carbocycles. The molecule has 0 aromatic carbocycles. The van der Waals surface area contributed by atoms with E-state index in [0.29, 0.717) is 12.0 Å². The third kappa shape index (κ3) is 3.80. The first-order valence-electron chi connectivity index (χ1n) is 6.75. The summed E-state index contributed by atoms with van der Waals surface area (Å²) in [6.07, 6.45) is 6.56.